The first-order valence-electron chi connectivity index (χ1n) is 23.5. The number of hydrogen-bond donors (Lipinski definition) is 1. The summed E-state index contributed by atoms with van der Waals surface area (Å²) < 4.78 is 47.9. The third-order valence-electron chi connectivity index (χ3n) is 10.8. The van der Waals surface area contributed by atoms with Gasteiger partial charge in [0.25, 0.3) is 0 Å². The van der Waals surface area contributed by atoms with E-state index in [1.807, 2.05) is 0 Å². The second kappa shape index (κ2) is 40.8. The van der Waals surface area contributed by atoms with E-state index in [1.165, 1.54) is 64.2 Å². The first-order chi connectivity index (χ1) is 26.7. The van der Waals surface area contributed by atoms with Crippen LogP contribution in [0.1, 0.15) is 239 Å². The second-order valence-corrected chi connectivity index (χ2v) is 16.2. The number of halogens is 3. The Morgan fingerprint density at radius 3 is 1.42 bits per heavy atom. The van der Waals surface area contributed by atoms with Crippen LogP contribution in [-0.2, 0) is 19.1 Å². The van der Waals surface area contributed by atoms with Gasteiger partial charge in [-0.2, -0.15) is 13.2 Å². The molecule has 0 spiro atoms. The average molecular weight is 792 g/mol. The number of alkyl halides is 3. The number of aliphatic hydroxyl groups excluding tert-OH is 1. The van der Waals surface area contributed by atoms with E-state index < -0.39 is 12.6 Å². The van der Waals surface area contributed by atoms with Gasteiger partial charge in [0, 0.05) is 25.9 Å². The summed E-state index contributed by atoms with van der Waals surface area (Å²) in [5.41, 5.74) is 0. The first-order valence-corrected chi connectivity index (χ1v) is 23.5. The van der Waals surface area contributed by atoms with E-state index in [9.17, 15) is 27.9 Å². The largest absolute Gasteiger partial charge is 0.466 e. The summed E-state index contributed by atoms with van der Waals surface area (Å²) in [6, 6.07) is 0. The minimum atomic E-state index is -4.04. The highest BCUT2D eigenvalue weighted by atomic mass is 19.4. The molecule has 0 rings (SSSR count). The fraction of sp³-hybridized carbons (Fsp3) is 0.957. The molecule has 0 aromatic heterocycles. The maximum Gasteiger partial charge on any atom is 0.389 e. The number of aliphatic hydroxyl groups is 1. The van der Waals surface area contributed by atoms with Crippen LogP contribution in [0.5, 0.6) is 0 Å². The number of carbonyl (C=O) groups is 2. The lowest BCUT2D eigenvalue weighted by atomic mass is 10.0. The minimum absolute atomic E-state index is 0.00553. The Hall–Kier alpha value is -1.35. The molecular weight excluding hydrogens is 704 g/mol. The highest BCUT2D eigenvalue weighted by molar-refractivity contribution is 5.69. The molecule has 0 fully saturated rings. The third kappa shape index (κ3) is 42.1. The van der Waals surface area contributed by atoms with Crippen molar-refractivity contribution in [3.05, 3.63) is 0 Å². The van der Waals surface area contributed by atoms with Gasteiger partial charge in [-0.25, -0.2) is 0 Å². The zero-order chi connectivity index (χ0) is 40.5. The van der Waals surface area contributed by atoms with Crippen LogP contribution in [0.25, 0.3) is 0 Å². The van der Waals surface area contributed by atoms with Gasteiger partial charge in [0.1, 0.15) is 6.10 Å². The Morgan fingerprint density at radius 1 is 0.509 bits per heavy atom. The molecule has 0 aliphatic heterocycles. The van der Waals surface area contributed by atoms with Crippen molar-refractivity contribution in [1.29, 1.82) is 0 Å². The van der Waals surface area contributed by atoms with E-state index in [0.29, 0.717) is 25.9 Å². The van der Waals surface area contributed by atoms with Crippen molar-refractivity contribution in [2.75, 3.05) is 32.8 Å². The lowest BCUT2D eigenvalue weighted by molar-refractivity contribution is -0.150. The molecule has 9 heteroatoms. The first kappa shape index (κ1) is 53.6. The van der Waals surface area contributed by atoms with Gasteiger partial charge in [-0.1, -0.05) is 142 Å². The van der Waals surface area contributed by atoms with Crippen LogP contribution in [0.2, 0.25) is 0 Å². The van der Waals surface area contributed by atoms with Crippen molar-refractivity contribution in [3.63, 3.8) is 0 Å². The van der Waals surface area contributed by atoms with E-state index in [0.717, 1.165) is 148 Å². The second-order valence-electron chi connectivity index (χ2n) is 16.2. The molecule has 1 N–H and O–H groups in total. The van der Waals surface area contributed by atoms with Gasteiger partial charge in [-0.3, -0.25) is 9.59 Å². The molecule has 328 valence electrons. The predicted octanol–water partition coefficient (Wildman–Crippen LogP) is 14.0. The van der Waals surface area contributed by atoms with Crippen molar-refractivity contribution in [2.45, 2.75) is 251 Å². The Bertz CT molecular complexity index is 812. The summed E-state index contributed by atoms with van der Waals surface area (Å²) >= 11 is 0. The molecule has 0 heterocycles. The molecule has 0 unspecified atom stereocenters. The molecule has 0 bridgehead atoms. The smallest absolute Gasteiger partial charge is 0.389 e. The van der Waals surface area contributed by atoms with Gasteiger partial charge in [0.05, 0.1) is 6.61 Å². The Balaban J connectivity index is 4.08. The highest BCUT2D eigenvalue weighted by Crippen LogP contribution is 2.23. The molecule has 0 saturated carbocycles. The number of ether oxygens (including phenoxy) is 2. The van der Waals surface area contributed by atoms with Crippen molar-refractivity contribution in [1.82, 2.24) is 4.90 Å². The summed E-state index contributed by atoms with van der Waals surface area (Å²) in [6.45, 7) is 8.23. The molecular formula is C46H88F3NO5. The Morgan fingerprint density at radius 2 is 0.909 bits per heavy atom. The summed E-state index contributed by atoms with van der Waals surface area (Å²) in [6.07, 6.45) is 30.2. The maximum absolute atomic E-state index is 12.7. The molecule has 0 radical (unpaired) electrons. The lowest BCUT2D eigenvalue weighted by Crippen LogP contribution is -2.27. The van der Waals surface area contributed by atoms with Crippen LogP contribution >= 0.6 is 0 Å². The van der Waals surface area contributed by atoms with Crippen LogP contribution in [0.3, 0.4) is 0 Å². The molecule has 0 aromatic carbocycles. The van der Waals surface area contributed by atoms with Gasteiger partial charge in [0.2, 0.25) is 0 Å². The zero-order valence-corrected chi connectivity index (χ0v) is 36.0. The van der Waals surface area contributed by atoms with E-state index in [2.05, 4.69) is 18.7 Å². The summed E-state index contributed by atoms with van der Waals surface area (Å²) in [4.78, 5) is 27.4. The van der Waals surface area contributed by atoms with Gasteiger partial charge in [-0.05, 0) is 96.7 Å². The monoisotopic (exact) mass is 792 g/mol. The molecule has 0 saturated heterocycles. The van der Waals surface area contributed by atoms with E-state index in [4.69, 9.17) is 9.47 Å². The summed E-state index contributed by atoms with van der Waals surface area (Å²) in [5, 5.41) is 9.26. The van der Waals surface area contributed by atoms with Crippen LogP contribution in [0.4, 0.5) is 13.2 Å². The SMILES string of the molecule is CCCCCCCCC(CCCCCCCC)OC(=O)CCCCCCCN(CCCCO)CCCCCC(=O)OCCCCCCCCCCC(F)(F)F. The zero-order valence-electron chi connectivity index (χ0n) is 36.0. The van der Waals surface area contributed by atoms with Crippen molar-refractivity contribution >= 4 is 11.9 Å². The van der Waals surface area contributed by atoms with Gasteiger partial charge in [0.15, 0.2) is 0 Å². The third-order valence-corrected chi connectivity index (χ3v) is 10.8. The molecule has 0 amide bonds. The fourth-order valence-electron chi connectivity index (χ4n) is 7.26. The highest BCUT2D eigenvalue weighted by Gasteiger charge is 2.25. The number of hydrogen-bond acceptors (Lipinski definition) is 6. The van der Waals surface area contributed by atoms with Crippen LogP contribution in [-0.4, -0.2) is 67.1 Å². The van der Waals surface area contributed by atoms with Crippen LogP contribution in [0, 0.1) is 0 Å². The quantitative estimate of drug-likeness (QED) is 0.0490. The number of nitrogens with zero attached hydrogens (tertiary/aromatic N) is 1. The lowest BCUT2D eigenvalue weighted by Gasteiger charge is -2.22. The summed E-state index contributed by atoms with van der Waals surface area (Å²) in [5.74, 6) is -0.132. The molecule has 0 aliphatic carbocycles. The number of rotatable bonds is 43. The van der Waals surface area contributed by atoms with Crippen LogP contribution in [0.15, 0.2) is 0 Å². The number of unbranched alkanes of at least 4 members (excludes halogenated alkanes) is 24. The summed E-state index contributed by atoms with van der Waals surface area (Å²) in [7, 11) is 0. The van der Waals surface area contributed by atoms with Crippen molar-refractivity contribution in [3.8, 4) is 0 Å². The number of esters is 2. The van der Waals surface area contributed by atoms with E-state index in [1.54, 1.807) is 0 Å². The van der Waals surface area contributed by atoms with Gasteiger partial charge >= 0.3 is 18.1 Å². The van der Waals surface area contributed by atoms with E-state index in [-0.39, 0.29) is 31.1 Å². The fourth-order valence-corrected chi connectivity index (χ4v) is 7.26. The normalized spacial score (nSPS) is 11.9. The molecule has 55 heavy (non-hydrogen) atoms. The van der Waals surface area contributed by atoms with Crippen LogP contribution < -0.4 is 0 Å². The van der Waals surface area contributed by atoms with Crippen molar-refractivity contribution < 1.29 is 37.3 Å². The predicted molar refractivity (Wildman–Crippen MR) is 223 cm³/mol. The number of carbonyl (C=O) groups excluding carboxylic acids is 2. The van der Waals surface area contributed by atoms with Gasteiger partial charge in [-0.15, -0.1) is 0 Å². The average Bonchev–Trinajstić information content (AvgIpc) is 3.15. The Kier molecular flexibility index (Phi) is 39.8. The standard InChI is InChI=1S/C46H88F3NO5/c1-3-5-7-9-16-23-33-43(34-24-17-10-8-6-4-2)55-45(53)36-25-18-15-20-28-38-50(40-30-31-41-51)39-29-22-26-35-44(52)54-42-32-21-14-12-11-13-19-27-37-46(47,48)49/h43,51H,3-42H2,1-2H3. The molecule has 0 atom stereocenters. The van der Waals surface area contributed by atoms with Gasteiger partial charge < -0.3 is 19.5 Å². The maximum atomic E-state index is 12.7. The molecule has 0 aromatic rings. The topological polar surface area (TPSA) is 76.1 Å². The molecule has 0 aliphatic rings. The van der Waals surface area contributed by atoms with Crippen molar-refractivity contribution in [2.24, 2.45) is 0 Å². The van der Waals surface area contributed by atoms with E-state index >= 15 is 0 Å². The molecule has 6 nitrogen and oxygen atoms in total. The minimum Gasteiger partial charge on any atom is -0.466 e. The Labute approximate surface area is 337 Å².